The smallest absolute Gasteiger partial charge is 0.234 e. The number of rotatable bonds is 6. The van der Waals surface area contributed by atoms with Crippen LogP contribution in [0.2, 0.25) is 0 Å². The molecule has 3 rings (SSSR count). The fourth-order valence-corrected chi connectivity index (χ4v) is 3.93. The van der Waals surface area contributed by atoms with Crippen LogP contribution in [0.3, 0.4) is 0 Å². The molecule has 5 nitrogen and oxygen atoms in total. The Kier molecular flexibility index (Phi) is 6.10. The minimum Gasteiger partial charge on any atom is -0.496 e. The van der Waals surface area contributed by atoms with Gasteiger partial charge < -0.3 is 15.4 Å². The van der Waals surface area contributed by atoms with Crippen molar-refractivity contribution in [1.82, 2.24) is 15.5 Å². The Bertz CT molecular complexity index is 535. The lowest BCUT2D eigenvalue weighted by atomic mass is 9.88. The SMILES string of the molecule is COc1ccccc1CNC(=O)CN1CCC(C2CCCN2)CC1. The number of hydrogen-bond donors (Lipinski definition) is 2. The third kappa shape index (κ3) is 4.48. The number of carbonyl (C=O) groups excluding carboxylic acids is 1. The summed E-state index contributed by atoms with van der Waals surface area (Å²) in [6.45, 7) is 4.26. The number of para-hydroxylation sites is 1. The first kappa shape index (κ1) is 17.2. The summed E-state index contributed by atoms with van der Waals surface area (Å²) >= 11 is 0. The van der Waals surface area contributed by atoms with Crippen LogP contribution in [0.25, 0.3) is 0 Å². The number of carbonyl (C=O) groups is 1. The van der Waals surface area contributed by atoms with Crippen molar-refractivity contribution in [1.29, 1.82) is 0 Å². The summed E-state index contributed by atoms with van der Waals surface area (Å²) in [6.07, 6.45) is 5.05. The summed E-state index contributed by atoms with van der Waals surface area (Å²) in [5.41, 5.74) is 1.01. The Morgan fingerprint density at radius 1 is 1.29 bits per heavy atom. The van der Waals surface area contributed by atoms with E-state index < -0.39 is 0 Å². The Hall–Kier alpha value is -1.59. The summed E-state index contributed by atoms with van der Waals surface area (Å²) in [6, 6.07) is 8.52. The van der Waals surface area contributed by atoms with Gasteiger partial charge in [0.05, 0.1) is 13.7 Å². The van der Waals surface area contributed by atoms with E-state index in [2.05, 4.69) is 15.5 Å². The van der Waals surface area contributed by atoms with Gasteiger partial charge in [-0.3, -0.25) is 9.69 Å². The van der Waals surface area contributed by atoms with E-state index in [0.29, 0.717) is 19.1 Å². The molecule has 0 radical (unpaired) electrons. The maximum absolute atomic E-state index is 12.2. The second-order valence-corrected chi connectivity index (χ2v) is 6.91. The van der Waals surface area contributed by atoms with Crippen molar-refractivity contribution in [2.75, 3.05) is 33.3 Å². The maximum atomic E-state index is 12.2. The molecule has 2 fully saturated rings. The molecule has 1 aromatic carbocycles. The number of nitrogens with zero attached hydrogens (tertiary/aromatic N) is 1. The topological polar surface area (TPSA) is 53.6 Å². The van der Waals surface area contributed by atoms with Crippen LogP contribution in [0.4, 0.5) is 0 Å². The number of likely N-dealkylation sites (tertiary alicyclic amines) is 1. The third-order valence-electron chi connectivity index (χ3n) is 5.34. The van der Waals surface area contributed by atoms with Gasteiger partial charge in [-0.25, -0.2) is 0 Å². The Labute approximate surface area is 144 Å². The van der Waals surface area contributed by atoms with Crippen molar-refractivity contribution in [3.8, 4) is 5.75 Å². The van der Waals surface area contributed by atoms with E-state index in [-0.39, 0.29) is 5.91 Å². The molecule has 24 heavy (non-hydrogen) atoms. The van der Waals surface area contributed by atoms with Crippen molar-refractivity contribution in [3.63, 3.8) is 0 Å². The molecule has 0 saturated carbocycles. The van der Waals surface area contributed by atoms with Crippen LogP contribution in [0.5, 0.6) is 5.75 Å². The van der Waals surface area contributed by atoms with E-state index in [4.69, 9.17) is 4.74 Å². The van der Waals surface area contributed by atoms with Crippen LogP contribution < -0.4 is 15.4 Å². The number of piperidine rings is 1. The number of ether oxygens (including phenoxy) is 1. The zero-order valence-electron chi connectivity index (χ0n) is 14.6. The van der Waals surface area contributed by atoms with Gasteiger partial charge in [0, 0.05) is 18.2 Å². The highest BCUT2D eigenvalue weighted by molar-refractivity contribution is 5.78. The van der Waals surface area contributed by atoms with E-state index in [1.165, 1.54) is 32.2 Å². The van der Waals surface area contributed by atoms with E-state index in [9.17, 15) is 4.79 Å². The molecule has 1 atom stereocenters. The van der Waals surface area contributed by atoms with Gasteiger partial charge in [0.25, 0.3) is 0 Å². The number of amides is 1. The predicted molar refractivity (Wildman–Crippen MR) is 95.0 cm³/mol. The highest BCUT2D eigenvalue weighted by Crippen LogP contribution is 2.25. The van der Waals surface area contributed by atoms with Crippen LogP contribution in [0, 0.1) is 5.92 Å². The Balaban J connectivity index is 1.39. The van der Waals surface area contributed by atoms with Crippen molar-refractivity contribution in [3.05, 3.63) is 29.8 Å². The fraction of sp³-hybridized carbons (Fsp3) is 0.632. The first-order valence-corrected chi connectivity index (χ1v) is 9.10. The van der Waals surface area contributed by atoms with Gasteiger partial charge >= 0.3 is 0 Å². The van der Waals surface area contributed by atoms with Gasteiger partial charge in [-0.2, -0.15) is 0 Å². The first-order chi connectivity index (χ1) is 11.8. The average Bonchev–Trinajstić information content (AvgIpc) is 3.15. The van der Waals surface area contributed by atoms with E-state index >= 15 is 0 Å². The fourth-order valence-electron chi connectivity index (χ4n) is 3.93. The summed E-state index contributed by atoms with van der Waals surface area (Å²) < 4.78 is 5.32. The van der Waals surface area contributed by atoms with Crippen LogP contribution in [-0.2, 0) is 11.3 Å². The standard InChI is InChI=1S/C19H29N3O2/c1-24-18-7-3-2-5-16(18)13-21-19(23)14-22-11-8-15(9-12-22)17-6-4-10-20-17/h2-3,5,7,15,17,20H,4,6,8-14H2,1H3,(H,21,23). The van der Waals surface area contributed by atoms with E-state index in [0.717, 1.165) is 30.3 Å². The van der Waals surface area contributed by atoms with Crippen LogP contribution >= 0.6 is 0 Å². The highest BCUT2D eigenvalue weighted by Gasteiger charge is 2.28. The molecule has 1 amide bonds. The van der Waals surface area contributed by atoms with Crippen molar-refractivity contribution < 1.29 is 9.53 Å². The number of benzene rings is 1. The molecule has 1 unspecified atom stereocenters. The number of nitrogens with one attached hydrogen (secondary N) is 2. The molecule has 1 aromatic rings. The lowest BCUT2D eigenvalue weighted by molar-refractivity contribution is -0.122. The largest absolute Gasteiger partial charge is 0.496 e. The van der Waals surface area contributed by atoms with Crippen LogP contribution in [0.1, 0.15) is 31.2 Å². The van der Waals surface area contributed by atoms with Gasteiger partial charge in [-0.1, -0.05) is 18.2 Å². The summed E-state index contributed by atoms with van der Waals surface area (Å²) in [7, 11) is 1.66. The Morgan fingerprint density at radius 3 is 2.79 bits per heavy atom. The maximum Gasteiger partial charge on any atom is 0.234 e. The molecule has 2 saturated heterocycles. The molecule has 2 aliphatic rings. The van der Waals surface area contributed by atoms with Crippen LogP contribution in [-0.4, -0.2) is 50.1 Å². The summed E-state index contributed by atoms with van der Waals surface area (Å²) in [5.74, 6) is 1.71. The van der Waals surface area contributed by atoms with Gasteiger partial charge in [-0.15, -0.1) is 0 Å². The zero-order valence-corrected chi connectivity index (χ0v) is 14.6. The first-order valence-electron chi connectivity index (χ1n) is 9.10. The molecule has 5 heteroatoms. The molecule has 132 valence electrons. The van der Waals surface area contributed by atoms with E-state index in [1.807, 2.05) is 24.3 Å². The van der Waals surface area contributed by atoms with Crippen LogP contribution in [0.15, 0.2) is 24.3 Å². The van der Waals surface area contributed by atoms with Gasteiger partial charge in [0.1, 0.15) is 5.75 Å². The normalized spacial score (nSPS) is 22.5. The minimum atomic E-state index is 0.0957. The average molecular weight is 331 g/mol. The third-order valence-corrected chi connectivity index (χ3v) is 5.34. The molecule has 0 aliphatic carbocycles. The second-order valence-electron chi connectivity index (χ2n) is 6.91. The molecule has 2 aliphatic heterocycles. The second kappa shape index (κ2) is 8.49. The predicted octanol–water partition coefficient (Wildman–Crippen LogP) is 1.78. The quantitative estimate of drug-likeness (QED) is 0.834. The lowest BCUT2D eigenvalue weighted by Gasteiger charge is -2.34. The van der Waals surface area contributed by atoms with E-state index in [1.54, 1.807) is 7.11 Å². The summed E-state index contributed by atoms with van der Waals surface area (Å²) in [4.78, 5) is 14.5. The van der Waals surface area contributed by atoms with Crippen molar-refractivity contribution in [2.24, 2.45) is 5.92 Å². The minimum absolute atomic E-state index is 0.0957. The Morgan fingerprint density at radius 2 is 2.08 bits per heavy atom. The summed E-state index contributed by atoms with van der Waals surface area (Å²) in [5, 5.41) is 6.64. The van der Waals surface area contributed by atoms with Gasteiger partial charge in [0.2, 0.25) is 5.91 Å². The molecular weight excluding hydrogens is 302 g/mol. The van der Waals surface area contributed by atoms with Gasteiger partial charge in [-0.05, 0) is 57.3 Å². The molecule has 2 heterocycles. The molecule has 0 aromatic heterocycles. The lowest BCUT2D eigenvalue weighted by Crippen LogP contribution is -2.44. The highest BCUT2D eigenvalue weighted by atomic mass is 16.5. The monoisotopic (exact) mass is 331 g/mol. The molecule has 2 N–H and O–H groups in total. The zero-order chi connectivity index (χ0) is 16.8. The van der Waals surface area contributed by atoms with Crippen molar-refractivity contribution in [2.45, 2.75) is 38.3 Å². The number of methoxy groups -OCH3 is 1. The number of hydrogen-bond acceptors (Lipinski definition) is 4. The van der Waals surface area contributed by atoms with Gasteiger partial charge in [0.15, 0.2) is 0 Å². The van der Waals surface area contributed by atoms with Crippen molar-refractivity contribution >= 4 is 5.91 Å². The molecule has 0 bridgehead atoms. The molecule has 0 spiro atoms. The molecular formula is C19H29N3O2.